The molecule has 6 nitrogen and oxygen atoms in total. The number of nitrogens with zero attached hydrogens (tertiary/aromatic N) is 4. The molecule has 0 saturated heterocycles. The van der Waals surface area contributed by atoms with Gasteiger partial charge in [0.1, 0.15) is 16.9 Å². The van der Waals surface area contributed by atoms with E-state index < -0.39 is 0 Å². The summed E-state index contributed by atoms with van der Waals surface area (Å²) in [5.74, 6) is 0.761. The molecule has 0 atom stereocenters. The van der Waals surface area contributed by atoms with Crippen molar-refractivity contribution in [3.63, 3.8) is 0 Å². The molecule has 6 heteroatoms. The van der Waals surface area contributed by atoms with Crippen molar-refractivity contribution in [2.45, 2.75) is 6.42 Å². The largest absolute Gasteiger partial charge is 0.396 e. The average Bonchev–Trinajstić information content (AvgIpc) is 3.24. The van der Waals surface area contributed by atoms with E-state index in [1.54, 1.807) is 6.20 Å². The minimum atomic E-state index is 0.101. The molecule has 2 aromatic carbocycles. The van der Waals surface area contributed by atoms with E-state index in [4.69, 9.17) is 4.63 Å². The standard InChI is InChI=1S/C17H14N4O2/c22-11-8-12-4-1-2-7-15(12)21-10-9-18-17(21)13-5-3-6-14-16(13)20-23-19-14/h1-7,9-10,22H,8,11H2. The maximum atomic E-state index is 9.29. The van der Waals surface area contributed by atoms with Crippen LogP contribution in [-0.2, 0) is 6.42 Å². The number of fused-ring (bicyclic) bond motifs is 1. The van der Waals surface area contributed by atoms with Crippen LogP contribution in [0.25, 0.3) is 28.1 Å². The Morgan fingerprint density at radius 1 is 1.04 bits per heavy atom. The monoisotopic (exact) mass is 306 g/mol. The molecule has 1 N–H and O–H groups in total. The van der Waals surface area contributed by atoms with Gasteiger partial charge in [0.25, 0.3) is 0 Å². The number of rotatable bonds is 4. The van der Waals surface area contributed by atoms with E-state index in [1.807, 2.05) is 53.2 Å². The lowest BCUT2D eigenvalue weighted by Crippen LogP contribution is -2.03. The van der Waals surface area contributed by atoms with E-state index in [-0.39, 0.29) is 6.61 Å². The van der Waals surface area contributed by atoms with E-state index in [0.29, 0.717) is 17.5 Å². The summed E-state index contributed by atoms with van der Waals surface area (Å²) in [4.78, 5) is 4.48. The second-order valence-corrected chi connectivity index (χ2v) is 5.16. The maximum absolute atomic E-state index is 9.29. The van der Waals surface area contributed by atoms with Gasteiger partial charge in [0.2, 0.25) is 0 Å². The molecule has 0 radical (unpaired) electrons. The minimum absolute atomic E-state index is 0.101. The SMILES string of the molecule is OCCc1ccccc1-n1ccnc1-c1cccc2nonc12. The summed E-state index contributed by atoms with van der Waals surface area (Å²) >= 11 is 0. The first kappa shape index (κ1) is 13.7. The lowest BCUT2D eigenvalue weighted by Gasteiger charge is -2.12. The van der Waals surface area contributed by atoms with Gasteiger partial charge in [-0.2, -0.15) is 0 Å². The van der Waals surface area contributed by atoms with E-state index in [9.17, 15) is 5.11 Å². The number of aromatic nitrogens is 4. The molecule has 0 aliphatic heterocycles. The van der Waals surface area contributed by atoms with Crippen LogP contribution in [0.1, 0.15) is 5.56 Å². The van der Waals surface area contributed by atoms with E-state index >= 15 is 0 Å². The predicted molar refractivity (Wildman–Crippen MR) is 85.2 cm³/mol. The Balaban J connectivity index is 1.92. The Kier molecular flexibility index (Phi) is 3.36. The van der Waals surface area contributed by atoms with Crippen molar-refractivity contribution in [1.29, 1.82) is 0 Å². The maximum Gasteiger partial charge on any atom is 0.146 e. The lowest BCUT2D eigenvalue weighted by molar-refractivity contribution is 0.299. The summed E-state index contributed by atoms with van der Waals surface area (Å²) < 4.78 is 6.84. The predicted octanol–water partition coefficient (Wildman–Crippen LogP) is 2.61. The highest BCUT2D eigenvalue weighted by Gasteiger charge is 2.15. The van der Waals surface area contributed by atoms with E-state index in [2.05, 4.69) is 15.3 Å². The first-order chi connectivity index (χ1) is 11.4. The Labute approximate surface area is 132 Å². The van der Waals surface area contributed by atoms with Gasteiger partial charge in [-0.05, 0) is 40.5 Å². The van der Waals surface area contributed by atoms with Gasteiger partial charge in [0.15, 0.2) is 0 Å². The third-order valence-corrected chi connectivity index (χ3v) is 3.80. The van der Waals surface area contributed by atoms with Crippen LogP contribution in [0.15, 0.2) is 59.5 Å². The Morgan fingerprint density at radius 3 is 2.87 bits per heavy atom. The molecule has 0 aliphatic rings. The average molecular weight is 306 g/mol. The first-order valence-corrected chi connectivity index (χ1v) is 7.32. The highest BCUT2D eigenvalue weighted by Crippen LogP contribution is 2.28. The van der Waals surface area contributed by atoms with E-state index in [1.165, 1.54) is 0 Å². The van der Waals surface area contributed by atoms with Gasteiger partial charge in [-0.25, -0.2) is 9.61 Å². The summed E-state index contributed by atoms with van der Waals surface area (Å²) in [6.45, 7) is 0.101. The van der Waals surface area contributed by atoms with Gasteiger partial charge in [0, 0.05) is 24.6 Å². The minimum Gasteiger partial charge on any atom is -0.396 e. The zero-order valence-electron chi connectivity index (χ0n) is 12.3. The van der Waals surface area contributed by atoms with Crippen molar-refractivity contribution >= 4 is 11.0 Å². The van der Waals surface area contributed by atoms with Gasteiger partial charge in [-0.3, -0.25) is 4.57 Å². The van der Waals surface area contributed by atoms with Crippen molar-refractivity contribution in [3.8, 4) is 17.1 Å². The molecular formula is C17H14N4O2. The zero-order chi connectivity index (χ0) is 15.6. The number of imidazole rings is 1. The highest BCUT2D eigenvalue weighted by molar-refractivity contribution is 5.89. The molecule has 4 rings (SSSR count). The number of para-hydroxylation sites is 1. The molecule has 0 bridgehead atoms. The second-order valence-electron chi connectivity index (χ2n) is 5.16. The molecule has 0 unspecified atom stereocenters. The van der Waals surface area contributed by atoms with Crippen LogP contribution in [0.5, 0.6) is 0 Å². The van der Waals surface area contributed by atoms with Crippen LogP contribution in [0.4, 0.5) is 0 Å². The molecule has 0 amide bonds. The summed E-state index contributed by atoms with van der Waals surface area (Å²) in [6, 6.07) is 13.7. The molecule has 0 aliphatic carbocycles. The second kappa shape index (κ2) is 5.66. The number of benzene rings is 2. The number of aliphatic hydroxyl groups excluding tert-OH is 1. The van der Waals surface area contributed by atoms with Crippen LogP contribution >= 0.6 is 0 Å². The Morgan fingerprint density at radius 2 is 1.96 bits per heavy atom. The number of hydrogen-bond donors (Lipinski definition) is 1. The zero-order valence-corrected chi connectivity index (χ0v) is 12.3. The number of hydrogen-bond acceptors (Lipinski definition) is 5. The fourth-order valence-corrected chi connectivity index (χ4v) is 2.76. The van der Waals surface area contributed by atoms with Crippen LogP contribution < -0.4 is 0 Å². The van der Waals surface area contributed by atoms with Crippen molar-refractivity contribution in [2.24, 2.45) is 0 Å². The van der Waals surface area contributed by atoms with Crippen molar-refractivity contribution in [1.82, 2.24) is 19.9 Å². The van der Waals surface area contributed by atoms with Crippen molar-refractivity contribution in [2.75, 3.05) is 6.61 Å². The molecule has 114 valence electrons. The summed E-state index contributed by atoms with van der Waals surface area (Å²) in [6.07, 6.45) is 4.23. The van der Waals surface area contributed by atoms with Crippen LogP contribution in [0, 0.1) is 0 Å². The molecule has 0 saturated carbocycles. The normalized spacial score (nSPS) is 11.2. The van der Waals surface area contributed by atoms with Crippen molar-refractivity contribution < 1.29 is 9.74 Å². The summed E-state index contributed by atoms with van der Waals surface area (Å²) in [7, 11) is 0. The third-order valence-electron chi connectivity index (χ3n) is 3.80. The smallest absolute Gasteiger partial charge is 0.146 e. The first-order valence-electron chi connectivity index (χ1n) is 7.32. The van der Waals surface area contributed by atoms with Gasteiger partial charge in [0.05, 0.1) is 5.69 Å². The molecule has 23 heavy (non-hydrogen) atoms. The van der Waals surface area contributed by atoms with Gasteiger partial charge in [-0.1, -0.05) is 24.3 Å². The fraction of sp³-hybridized carbons (Fsp3) is 0.118. The molecule has 2 aromatic heterocycles. The molecular weight excluding hydrogens is 292 g/mol. The Bertz CT molecular complexity index is 958. The molecule has 2 heterocycles. The van der Waals surface area contributed by atoms with Crippen LogP contribution in [-0.4, -0.2) is 31.6 Å². The molecule has 4 aromatic rings. The lowest BCUT2D eigenvalue weighted by atomic mass is 10.1. The van der Waals surface area contributed by atoms with Gasteiger partial charge >= 0.3 is 0 Å². The summed E-state index contributed by atoms with van der Waals surface area (Å²) in [5, 5.41) is 17.2. The van der Waals surface area contributed by atoms with Crippen LogP contribution in [0.2, 0.25) is 0 Å². The third kappa shape index (κ3) is 2.29. The van der Waals surface area contributed by atoms with Gasteiger partial charge < -0.3 is 5.11 Å². The van der Waals surface area contributed by atoms with Crippen LogP contribution in [0.3, 0.4) is 0 Å². The van der Waals surface area contributed by atoms with Gasteiger partial charge in [-0.15, -0.1) is 0 Å². The quantitative estimate of drug-likeness (QED) is 0.627. The molecule has 0 spiro atoms. The van der Waals surface area contributed by atoms with Crippen molar-refractivity contribution in [3.05, 3.63) is 60.4 Å². The fourth-order valence-electron chi connectivity index (χ4n) is 2.76. The Hall–Kier alpha value is -2.99. The number of aliphatic hydroxyl groups is 1. The molecule has 0 fully saturated rings. The highest BCUT2D eigenvalue weighted by atomic mass is 16.6. The summed E-state index contributed by atoms with van der Waals surface area (Å²) in [5.41, 5.74) is 4.27. The van der Waals surface area contributed by atoms with E-state index in [0.717, 1.165) is 22.6 Å². The topological polar surface area (TPSA) is 77.0 Å².